The summed E-state index contributed by atoms with van der Waals surface area (Å²) in [6.45, 7) is 14.1. The molecule has 6 aromatic carbocycles. The minimum atomic E-state index is 1.21. The predicted molar refractivity (Wildman–Crippen MR) is 200 cm³/mol. The average molecular weight is 591 g/mol. The summed E-state index contributed by atoms with van der Waals surface area (Å²) in [5, 5.41) is 5.23. The molecule has 0 aliphatic heterocycles. The maximum atomic E-state index is 2.34. The Morgan fingerprint density at radius 1 is 0.289 bits per heavy atom. The van der Waals surface area contributed by atoms with Crippen LogP contribution in [-0.4, -0.2) is 9.13 Å². The summed E-state index contributed by atoms with van der Waals surface area (Å²) in [7, 11) is 0. The molecule has 228 valence electrons. The van der Waals surface area contributed by atoms with Crippen molar-refractivity contribution < 1.29 is 0 Å². The molecule has 0 amide bonds. The third-order valence-electron chi connectivity index (χ3n) is 7.47. The van der Waals surface area contributed by atoms with Crippen LogP contribution in [0, 0.1) is 6.92 Å². The van der Waals surface area contributed by atoms with Crippen LogP contribution in [0.25, 0.3) is 55.0 Å². The molecule has 0 aliphatic rings. The summed E-state index contributed by atoms with van der Waals surface area (Å²) in [4.78, 5) is 0. The lowest BCUT2D eigenvalue weighted by Gasteiger charge is -2.07. The summed E-state index contributed by atoms with van der Waals surface area (Å²) in [5.74, 6) is 0. The molecule has 0 atom stereocenters. The highest BCUT2D eigenvalue weighted by atomic mass is 15.0. The van der Waals surface area contributed by atoms with Gasteiger partial charge in [-0.1, -0.05) is 150 Å². The van der Waals surface area contributed by atoms with Gasteiger partial charge >= 0.3 is 0 Å². The number of fused-ring (bicyclic) bond motifs is 6. The van der Waals surface area contributed by atoms with E-state index in [1.165, 1.54) is 60.5 Å². The summed E-state index contributed by atoms with van der Waals surface area (Å²) in [6.07, 6.45) is 0. The Morgan fingerprint density at radius 2 is 0.556 bits per heavy atom. The van der Waals surface area contributed by atoms with E-state index in [1.807, 2.05) is 41.5 Å². The highest BCUT2D eigenvalue weighted by molar-refractivity contribution is 6.10. The molecule has 45 heavy (non-hydrogen) atoms. The van der Waals surface area contributed by atoms with E-state index >= 15 is 0 Å². The second-order valence-corrected chi connectivity index (χ2v) is 9.91. The number of para-hydroxylation sites is 5. The van der Waals surface area contributed by atoms with Gasteiger partial charge in [0.2, 0.25) is 0 Å². The van der Waals surface area contributed by atoms with E-state index in [2.05, 4.69) is 168 Å². The number of rotatable bonds is 2. The molecule has 2 heterocycles. The summed E-state index contributed by atoms with van der Waals surface area (Å²) in [5.41, 5.74) is 8.75. The second kappa shape index (κ2) is 16.1. The molecule has 0 saturated carbocycles. The van der Waals surface area contributed by atoms with Crippen molar-refractivity contribution in [2.24, 2.45) is 0 Å². The third kappa shape index (κ3) is 6.71. The molecule has 0 spiro atoms. The van der Waals surface area contributed by atoms with Crippen molar-refractivity contribution in [3.63, 3.8) is 0 Å². The van der Waals surface area contributed by atoms with Crippen LogP contribution in [0.5, 0.6) is 0 Å². The van der Waals surface area contributed by atoms with Crippen molar-refractivity contribution in [3.8, 4) is 11.4 Å². The molecule has 0 fully saturated rings. The van der Waals surface area contributed by atoms with E-state index in [9.17, 15) is 0 Å². The molecule has 2 aromatic heterocycles. The molecule has 8 aromatic rings. The third-order valence-corrected chi connectivity index (χ3v) is 7.47. The minimum absolute atomic E-state index is 1.21. The number of nitrogens with zero attached hydrogens (tertiary/aromatic N) is 2. The van der Waals surface area contributed by atoms with E-state index < -0.39 is 0 Å². The van der Waals surface area contributed by atoms with Gasteiger partial charge in [-0.25, -0.2) is 0 Å². The van der Waals surface area contributed by atoms with E-state index in [0.717, 1.165) is 0 Å². The lowest BCUT2D eigenvalue weighted by atomic mass is 10.2. The quantitative estimate of drug-likeness (QED) is 0.189. The van der Waals surface area contributed by atoms with Gasteiger partial charge in [0.1, 0.15) is 0 Å². The molecule has 0 aliphatic carbocycles. The maximum Gasteiger partial charge on any atom is 0.0541 e. The lowest BCUT2D eigenvalue weighted by Crippen LogP contribution is -1.93. The normalized spacial score (nSPS) is 10.1. The minimum Gasteiger partial charge on any atom is -0.309 e. The van der Waals surface area contributed by atoms with Crippen molar-refractivity contribution in [1.82, 2.24) is 9.13 Å². The standard InChI is InChI=1S/C19H15N.C18H13N.3C2H6/c1-14-10-12-15(13-11-14)20-18-8-4-2-6-16(18)17-7-3-5-9-19(17)20;1-2-8-14(9-3-1)19-17-12-6-4-10-15(17)16-11-5-7-13-18(16)19;3*1-2/h2-13H,1H3;1-13H;3*1-2H3. The van der Waals surface area contributed by atoms with E-state index in [0.29, 0.717) is 0 Å². The molecule has 0 radical (unpaired) electrons. The van der Waals surface area contributed by atoms with Crippen LogP contribution in [0.1, 0.15) is 47.1 Å². The highest BCUT2D eigenvalue weighted by Crippen LogP contribution is 2.32. The van der Waals surface area contributed by atoms with Gasteiger partial charge in [0.25, 0.3) is 0 Å². The largest absolute Gasteiger partial charge is 0.309 e. The number of aryl methyl sites for hydroxylation is 1. The molecule has 2 nitrogen and oxygen atoms in total. The zero-order chi connectivity index (χ0) is 32.2. The van der Waals surface area contributed by atoms with Gasteiger partial charge in [0, 0.05) is 32.9 Å². The van der Waals surface area contributed by atoms with Gasteiger partial charge in [0.15, 0.2) is 0 Å². The van der Waals surface area contributed by atoms with Crippen molar-refractivity contribution in [3.05, 3.63) is 157 Å². The van der Waals surface area contributed by atoms with Gasteiger partial charge in [0.05, 0.1) is 22.1 Å². The topological polar surface area (TPSA) is 9.86 Å². The van der Waals surface area contributed by atoms with Crippen molar-refractivity contribution >= 4 is 43.6 Å². The van der Waals surface area contributed by atoms with Crippen LogP contribution in [0.2, 0.25) is 0 Å². The van der Waals surface area contributed by atoms with Crippen molar-refractivity contribution in [2.75, 3.05) is 0 Å². The Bertz CT molecular complexity index is 1950. The molecular weight excluding hydrogens is 544 g/mol. The Balaban J connectivity index is 0.000000176. The van der Waals surface area contributed by atoms with Crippen LogP contribution in [0.3, 0.4) is 0 Å². The zero-order valence-corrected chi connectivity index (χ0v) is 27.8. The Hall–Kier alpha value is -5.08. The summed E-state index contributed by atoms with van der Waals surface area (Å²) in [6, 6.07) is 53.6. The first-order valence-electron chi connectivity index (χ1n) is 16.4. The Labute approximate surface area is 269 Å². The first-order valence-corrected chi connectivity index (χ1v) is 16.4. The lowest BCUT2D eigenvalue weighted by molar-refractivity contribution is 1.17. The molecule has 0 N–H and O–H groups in total. The maximum absolute atomic E-state index is 2.34. The fourth-order valence-electron chi connectivity index (χ4n) is 5.67. The first kappa shape index (κ1) is 32.8. The molecular formula is C43H46N2. The van der Waals surface area contributed by atoms with Gasteiger partial charge < -0.3 is 9.13 Å². The van der Waals surface area contributed by atoms with E-state index in [1.54, 1.807) is 0 Å². The van der Waals surface area contributed by atoms with Crippen LogP contribution in [-0.2, 0) is 0 Å². The Kier molecular flexibility index (Phi) is 11.8. The van der Waals surface area contributed by atoms with Crippen LogP contribution in [0.4, 0.5) is 0 Å². The van der Waals surface area contributed by atoms with Gasteiger partial charge in [-0.15, -0.1) is 0 Å². The fraction of sp³-hybridized carbons (Fsp3) is 0.163. The Morgan fingerprint density at radius 3 is 0.889 bits per heavy atom. The monoisotopic (exact) mass is 590 g/mol. The van der Waals surface area contributed by atoms with Gasteiger partial charge in [-0.2, -0.15) is 0 Å². The number of benzene rings is 6. The average Bonchev–Trinajstić information content (AvgIpc) is 3.65. The summed E-state index contributed by atoms with van der Waals surface area (Å²) >= 11 is 0. The molecule has 0 saturated heterocycles. The molecule has 8 rings (SSSR count). The second-order valence-electron chi connectivity index (χ2n) is 9.91. The highest BCUT2D eigenvalue weighted by Gasteiger charge is 2.11. The van der Waals surface area contributed by atoms with Crippen LogP contribution >= 0.6 is 0 Å². The van der Waals surface area contributed by atoms with Gasteiger partial charge in [-0.05, 0) is 55.5 Å². The molecule has 2 heteroatoms. The zero-order valence-electron chi connectivity index (χ0n) is 27.8. The first-order chi connectivity index (χ1) is 22.3. The number of hydrogen-bond donors (Lipinski definition) is 0. The predicted octanol–water partition coefficient (Wildman–Crippen LogP) is 13.0. The molecule has 0 unspecified atom stereocenters. The van der Waals surface area contributed by atoms with Crippen molar-refractivity contribution in [2.45, 2.75) is 48.5 Å². The summed E-state index contributed by atoms with van der Waals surface area (Å²) < 4.78 is 4.66. The fourth-order valence-corrected chi connectivity index (χ4v) is 5.67. The van der Waals surface area contributed by atoms with Crippen LogP contribution in [0.15, 0.2) is 152 Å². The SMILES string of the molecule is CC.CC.CC.Cc1ccc(-n2c3ccccc3c3ccccc32)cc1.c1ccc(-n2c3ccccc3c3ccccc32)cc1. The smallest absolute Gasteiger partial charge is 0.0541 e. The number of aromatic nitrogens is 2. The van der Waals surface area contributed by atoms with E-state index in [4.69, 9.17) is 0 Å². The number of hydrogen-bond acceptors (Lipinski definition) is 0. The van der Waals surface area contributed by atoms with Crippen molar-refractivity contribution in [1.29, 1.82) is 0 Å². The van der Waals surface area contributed by atoms with Crippen LogP contribution < -0.4 is 0 Å². The molecule has 0 bridgehead atoms. The van der Waals surface area contributed by atoms with Gasteiger partial charge in [-0.3, -0.25) is 0 Å². The van der Waals surface area contributed by atoms with E-state index in [-0.39, 0.29) is 0 Å².